The van der Waals surface area contributed by atoms with Gasteiger partial charge in [-0.1, -0.05) is 11.8 Å². The number of anilines is 3. The van der Waals surface area contributed by atoms with Gasteiger partial charge < -0.3 is 15.3 Å². The van der Waals surface area contributed by atoms with Gasteiger partial charge in [0.25, 0.3) is 10.0 Å². The summed E-state index contributed by atoms with van der Waals surface area (Å²) < 4.78 is 49.8. The monoisotopic (exact) mass is 597 g/mol. The van der Waals surface area contributed by atoms with Gasteiger partial charge in [0.1, 0.15) is 11.6 Å². The predicted octanol–water partition coefficient (Wildman–Crippen LogP) is 1.96. The SMILES string of the molecule is CC1(O)CCN(c2cc(Nc3ccnc(-c4cnn(S(=O)(=O)C5CC5)c4)n3)ncc2C#CC2CCS(=O)(=O)C2)CC1. The Labute approximate surface area is 239 Å². The third-order valence-electron chi connectivity index (χ3n) is 7.64. The first-order valence-corrected chi connectivity index (χ1v) is 16.9. The van der Waals surface area contributed by atoms with Crippen molar-refractivity contribution in [1.29, 1.82) is 0 Å². The number of nitrogens with zero attached hydrogens (tertiary/aromatic N) is 6. The summed E-state index contributed by atoms with van der Waals surface area (Å²) in [4.78, 5) is 15.5. The number of aromatic nitrogens is 5. The molecule has 3 aromatic heterocycles. The van der Waals surface area contributed by atoms with E-state index in [9.17, 15) is 21.9 Å². The van der Waals surface area contributed by atoms with Crippen molar-refractivity contribution in [1.82, 2.24) is 24.1 Å². The quantitative estimate of drug-likeness (QED) is 0.400. The number of aliphatic hydroxyl groups is 1. The Kier molecular flexibility index (Phi) is 6.99. The zero-order chi connectivity index (χ0) is 28.8. The lowest BCUT2D eigenvalue weighted by atomic mass is 9.93. The maximum atomic E-state index is 12.5. The Morgan fingerprint density at radius 2 is 1.90 bits per heavy atom. The predicted molar refractivity (Wildman–Crippen MR) is 154 cm³/mol. The van der Waals surface area contributed by atoms with Crippen LogP contribution >= 0.6 is 0 Å². The van der Waals surface area contributed by atoms with E-state index in [1.54, 1.807) is 18.5 Å². The average molecular weight is 598 g/mol. The summed E-state index contributed by atoms with van der Waals surface area (Å²) in [5.74, 6) is 7.64. The minimum Gasteiger partial charge on any atom is -0.390 e. The number of pyridine rings is 1. The Hall–Kier alpha value is -3.54. The second kappa shape index (κ2) is 10.4. The minimum absolute atomic E-state index is 0.0798. The number of nitrogens with one attached hydrogen (secondary N) is 1. The van der Waals surface area contributed by atoms with E-state index < -0.39 is 25.5 Å². The molecule has 3 fully saturated rings. The molecule has 3 aliphatic rings. The van der Waals surface area contributed by atoms with Gasteiger partial charge in [-0.3, -0.25) is 0 Å². The van der Waals surface area contributed by atoms with Gasteiger partial charge in [-0.05, 0) is 45.1 Å². The molecule has 41 heavy (non-hydrogen) atoms. The van der Waals surface area contributed by atoms with Crippen LogP contribution in [0.5, 0.6) is 0 Å². The van der Waals surface area contributed by atoms with E-state index in [1.807, 2.05) is 13.0 Å². The van der Waals surface area contributed by atoms with Crippen molar-refractivity contribution in [3.63, 3.8) is 0 Å². The standard InChI is InChI=1S/C27H31N7O5S2/c1-27(35)8-11-33(12-9-27)23-14-25(29-15-20(23)3-2-19-7-13-40(36,37)18-19)31-24-6-10-28-26(32-24)21-16-30-34(17-21)41(38,39)22-4-5-22/h6,10,14-17,19,22,35H,4-5,7-9,11-13,18H2,1H3,(H,28,29,31,32). The molecule has 1 saturated carbocycles. The highest BCUT2D eigenvalue weighted by Gasteiger charge is 2.37. The molecule has 2 N–H and O–H groups in total. The molecule has 0 amide bonds. The lowest BCUT2D eigenvalue weighted by molar-refractivity contribution is 0.0351. The molecule has 1 aliphatic carbocycles. The Bertz CT molecular complexity index is 1750. The molecule has 0 spiro atoms. The van der Waals surface area contributed by atoms with Crippen molar-refractivity contribution in [3.8, 4) is 23.2 Å². The van der Waals surface area contributed by atoms with Gasteiger partial charge in [-0.25, -0.2) is 31.8 Å². The number of sulfone groups is 1. The topological polar surface area (TPSA) is 160 Å². The second-order valence-corrected chi connectivity index (χ2v) is 15.5. The molecule has 12 nitrogen and oxygen atoms in total. The highest BCUT2D eigenvalue weighted by Crippen LogP contribution is 2.32. The van der Waals surface area contributed by atoms with Crippen LogP contribution in [0.4, 0.5) is 17.3 Å². The average Bonchev–Trinajstić information content (AvgIpc) is 3.57. The molecule has 2 aliphatic heterocycles. The number of hydrogen-bond donors (Lipinski definition) is 2. The van der Waals surface area contributed by atoms with Crippen LogP contribution in [-0.2, 0) is 19.9 Å². The highest BCUT2D eigenvalue weighted by molar-refractivity contribution is 7.91. The van der Waals surface area contributed by atoms with E-state index in [1.165, 1.54) is 12.4 Å². The summed E-state index contributed by atoms with van der Waals surface area (Å²) in [5, 5.41) is 17.3. The van der Waals surface area contributed by atoms with Crippen LogP contribution in [0, 0.1) is 17.8 Å². The van der Waals surface area contributed by atoms with Gasteiger partial charge >= 0.3 is 0 Å². The lowest BCUT2D eigenvalue weighted by Gasteiger charge is -2.37. The minimum atomic E-state index is -3.49. The second-order valence-electron chi connectivity index (χ2n) is 11.2. The van der Waals surface area contributed by atoms with Crippen LogP contribution in [0.25, 0.3) is 11.4 Å². The van der Waals surface area contributed by atoms with Crippen LogP contribution in [-0.4, -0.2) is 81.5 Å². The molecule has 6 rings (SSSR count). The normalized spacial score (nSPS) is 21.7. The first-order valence-electron chi connectivity index (χ1n) is 13.6. The van der Waals surface area contributed by atoms with E-state index >= 15 is 0 Å². The third kappa shape index (κ3) is 6.22. The molecule has 1 atom stereocenters. The summed E-state index contributed by atoms with van der Waals surface area (Å²) in [6.45, 7) is 3.10. The number of rotatable bonds is 6. The molecule has 216 valence electrons. The van der Waals surface area contributed by atoms with Crippen molar-refractivity contribution < 1.29 is 21.9 Å². The van der Waals surface area contributed by atoms with E-state index in [-0.39, 0.29) is 22.7 Å². The van der Waals surface area contributed by atoms with Crippen LogP contribution < -0.4 is 10.2 Å². The third-order valence-corrected chi connectivity index (χ3v) is 11.4. The summed E-state index contributed by atoms with van der Waals surface area (Å²) in [7, 11) is -6.52. The summed E-state index contributed by atoms with van der Waals surface area (Å²) >= 11 is 0. The van der Waals surface area contributed by atoms with E-state index in [0.717, 1.165) is 9.77 Å². The van der Waals surface area contributed by atoms with E-state index in [4.69, 9.17) is 0 Å². The molecular formula is C27H31N7O5S2. The van der Waals surface area contributed by atoms with E-state index in [0.29, 0.717) is 73.8 Å². The zero-order valence-electron chi connectivity index (χ0n) is 22.6. The van der Waals surface area contributed by atoms with E-state index in [2.05, 4.69) is 42.1 Å². The summed E-state index contributed by atoms with van der Waals surface area (Å²) in [6.07, 6.45) is 9.12. The Morgan fingerprint density at radius 3 is 2.61 bits per heavy atom. The van der Waals surface area contributed by atoms with Gasteiger partial charge in [-0.2, -0.15) is 9.19 Å². The molecule has 2 saturated heterocycles. The Morgan fingerprint density at radius 1 is 1.12 bits per heavy atom. The van der Waals surface area contributed by atoms with Crippen LogP contribution in [0.2, 0.25) is 0 Å². The van der Waals surface area contributed by atoms with Gasteiger partial charge in [0.15, 0.2) is 15.7 Å². The lowest BCUT2D eigenvalue weighted by Crippen LogP contribution is -2.42. The van der Waals surface area contributed by atoms with Crippen molar-refractivity contribution in [3.05, 3.63) is 42.5 Å². The van der Waals surface area contributed by atoms with Crippen molar-refractivity contribution in [2.45, 2.75) is 49.9 Å². The number of hydrogen-bond acceptors (Lipinski definition) is 11. The molecule has 14 heteroatoms. The van der Waals surface area contributed by atoms with Crippen molar-refractivity contribution in [2.75, 3.05) is 34.8 Å². The van der Waals surface area contributed by atoms with Gasteiger partial charge in [0, 0.05) is 37.5 Å². The fraction of sp³-hybridized carbons (Fsp3) is 0.481. The smallest absolute Gasteiger partial charge is 0.256 e. The molecule has 0 radical (unpaired) electrons. The first-order chi connectivity index (χ1) is 19.5. The van der Waals surface area contributed by atoms with Crippen LogP contribution in [0.15, 0.2) is 36.9 Å². The molecule has 1 unspecified atom stereocenters. The van der Waals surface area contributed by atoms with Gasteiger partial charge in [0.05, 0.1) is 51.6 Å². The largest absolute Gasteiger partial charge is 0.390 e. The summed E-state index contributed by atoms with van der Waals surface area (Å²) in [6, 6.07) is 3.56. The maximum absolute atomic E-state index is 12.5. The van der Waals surface area contributed by atoms with Crippen LogP contribution in [0.1, 0.15) is 44.6 Å². The summed E-state index contributed by atoms with van der Waals surface area (Å²) in [5.41, 5.74) is 1.28. The van der Waals surface area contributed by atoms with Crippen molar-refractivity contribution in [2.24, 2.45) is 5.92 Å². The van der Waals surface area contributed by atoms with Crippen LogP contribution in [0.3, 0.4) is 0 Å². The molecule has 3 aromatic rings. The van der Waals surface area contributed by atoms with Gasteiger partial charge in [0.2, 0.25) is 0 Å². The fourth-order valence-electron chi connectivity index (χ4n) is 4.97. The maximum Gasteiger partial charge on any atom is 0.256 e. The Balaban J connectivity index is 1.25. The first kappa shape index (κ1) is 27.6. The van der Waals surface area contributed by atoms with Crippen molar-refractivity contribution >= 4 is 37.2 Å². The molecule has 0 aromatic carbocycles. The molecule has 5 heterocycles. The highest BCUT2D eigenvalue weighted by atomic mass is 32.2. The molecule has 0 bridgehead atoms. The molecular weight excluding hydrogens is 566 g/mol. The fourth-order valence-corrected chi connectivity index (χ4v) is 8.12. The zero-order valence-corrected chi connectivity index (χ0v) is 24.2. The number of piperidine rings is 1. The van der Waals surface area contributed by atoms with Gasteiger partial charge in [-0.15, -0.1) is 0 Å².